The van der Waals surface area contributed by atoms with E-state index in [-0.39, 0.29) is 13.0 Å². The average Bonchev–Trinajstić information content (AvgIpc) is 2.76. The molecule has 0 heterocycles. The van der Waals surface area contributed by atoms with Crippen LogP contribution in [0.25, 0.3) is 21.5 Å². The summed E-state index contributed by atoms with van der Waals surface area (Å²) in [6.45, 7) is 6.58. The number of hydrogen-bond acceptors (Lipinski definition) is 3. The molecule has 0 N–H and O–H groups in total. The normalized spacial score (nSPS) is 12.2. The summed E-state index contributed by atoms with van der Waals surface area (Å²) in [4.78, 5) is 12.0. The van der Waals surface area contributed by atoms with Crippen molar-refractivity contribution in [2.75, 3.05) is 6.61 Å². The molecule has 0 aliphatic carbocycles. The Bertz CT molecular complexity index is 1100. The topological polar surface area (TPSA) is 35.5 Å². The predicted molar refractivity (Wildman–Crippen MR) is 116 cm³/mol. The molecule has 164 valence electrons. The van der Waals surface area contributed by atoms with Crippen LogP contribution >= 0.6 is 0 Å². The molecule has 0 aliphatic heterocycles. The molecule has 0 fully saturated rings. The average molecular weight is 430 g/mol. The van der Waals surface area contributed by atoms with Gasteiger partial charge in [0, 0.05) is 11.8 Å². The number of benzene rings is 3. The Kier molecular flexibility index (Phi) is 6.58. The first-order valence-corrected chi connectivity index (χ1v) is 10.2. The van der Waals surface area contributed by atoms with Crippen LogP contribution in [0.15, 0.2) is 66.7 Å². The second-order valence-corrected chi connectivity index (χ2v) is 7.53. The molecule has 0 spiro atoms. The van der Waals surface area contributed by atoms with Gasteiger partial charge in [0.1, 0.15) is 16.9 Å². The Hall–Kier alpha value is -3.02. The van der Waals surface area contributed by atoms with Gasteiger partial charge in [-0.2, -0.15) is 13.2 Å². The molecule has 0 aliphatic rings. The number of ether oxygens (including phenoxy) is 2. The van der Waals surface area contributed by atoms with Crippen molar-refractivity contribution in [3.63, 3.8) is 0 Å². The maximum Gasteiger partial charge on any atom is 0.422 e. The van der Waals surface area contributed by atoms with Gasteiger partial charge in [0.25, 0.3) is 0 Å². The van der Waals surface area contributed by atoms with E-state index in [0.29, 0.717) is 18.6 Å². The molecule has 31 heavy (non-hydrogen) atoms. The lowest BCUT2D eigenvalue weighted by atomic mass is 9.93. The van der Waals surface area contributed by atoms with Crippen LogP contribution in [0.1, 0.15) is 33.1 Å². The van der Waals surface area contributed by atoms with E-state index in [4.69, 9.17) is 9.47 Å². The van der Waals surface area contributed by atoms with E-state index >= 15 is 0 Å². The number of rotatable bonds is 8. The Morgan fingerprint density at radius 3 is 2.16 bits per heavy atom. The molecule has 0 saturated carbocycles. The molecule has 0 saturated heterocycles. The van der Waals surface area contributed by atoms with Gasteiger partial charge in [0.2, 0.25) is 0 Å². The third-order valence-electron chi connectivity index (χ3n) is 5.71. The van der Waals surface area contributed by atoms with Crippen LogP contribution in [0, 0.1) is 0 Å². The van der Waals surface area contributed by atoms with Gasteiger partial charge in [0.05, 0.1) is 6.61 Å². The Morgan fingerprint density at radius 1 is 0.935 bits per heavy atom. The molecule has 3 aromatic carbocycles. The monoisotopic (exact) mass is 430 g/mol. The molecular formula is C25H25F3O3. The quantitative estimate of drug-likeness (QED) is 0.220. The minimum atomic E-state index is -4.81. The van der Waals surface area contributed by atoms with Gasteiger partial charge in [0.15, 0.2) is 0 Å². The van der Waals surface area contributed by atoms with E-state index in [1.54, 1.807) is 13.8 Å². The van der Waals surface area contributed by atoms with Crippen LogP contribution in [0.5, 0.6) is 5.75 Å². The van der Waals surface area contributed by atoms with Crippen LogP contribution < -0.4 is 4.74 Å². The Morgan fingerprint density at radius 2 is 1.55 bits per heavy atom. The third-order valence-corrected chi connectivity index (χ3v) is 5.71. The summed E-state index contributed by atoms with van der Waals surface area (Å²) >= 11 is 0. The second-order valence-electron chi connectivity index (χ2n) is 7.53. The maximum absolute atomic E-state index is 12.8. The van der Waals surface area contributed by atoms with Gasteiger partial charge >= 0.3 is 12.1 Å². The van der Waals surface area contributed by atoms with Crippen molar-refractivity contribution in [2.45, 2.75) is 44.9 Å². The highest BCUT2D eigenvalue weighted by atomic mass is 19.4. The Balaban J connectivity index is 1.76. The summed E-state index contributed by atoms with van der Waals surface area (Å²) in [5.74, 6) is -0.761. The maximum atomic E-state index is 12.8. The molecule has 3 rings (SSSR count). The van der Waals surface area contributed by atoms with Gasteiger partial charge in [-0.15, -0.1) is 0 Å². The first-order chi connectivity index (χ1) is 14.7. The summed E-state index contributed by atoms with van der Waals surface area (Å²) in [6.07, 6.45) is -3.82. The van der Waals surface area contributed by atoms with E-state index in [1.807, 2.05) is 42.5 Å². The first-order valence-electron chi connectivity index (χ1n) is 10.2. The van der Waals surface area contributed by atoms with Crippen molar-refractivity contribution in [1.29, 1.82) is 0 Å². The lowest BCUT2D eigenvalue weighted by Crippen LogP contribution is -2.37. The fourth-order valence-corrected chi connectivity index (χ4v) is 3.58. The van der Waals surface area contributed by atoms with E-state index < -0.39 is 23.3 Å². The minimum absolute atomic E-state index is 0.194. The van der Waals surface area contributed by atoms with Crippen molar-refractivity contribution in [3.05, 3.63) is 66.7 Å². The van der Waals surface area contributed by atoms with Gasteiger partial charge < -0.3 is 9.47 Å². The van der Waals surface area contributed by atoms with Crippen LogP contribution in [-0.2, 0) is 9.53 Å². The van der Waals surface area contributed by atoms with Crippen molar-refractivity contribution in [3.8, 4) is 5.75 Å². The minimum Gasteiger partial charge on any atom is -0.493 e. The van der Waals surface area contributed by atoms with E-state index in [1.165, 1.54) is 0 Å². The van der Waals surface area contributed by atoms with Crippen molar-refractivity contribution in [2.24, 2.45) is 0 Å². The highest BCUT2D eigenvalue weighted by molar-refractivity contribution is 6.00. The summed E-state index contributed by atoms with van der Waals surface area (Å²) in [6, 6.07) is 17.9. The van der Waals surface area contributed by atoms with Gasteiger partial charge in [-0.1, -0.05) is 56.8 Å². The molecule has 6 heteroatoms. The largest absolute Gasteiger partial charge is 0.493 e. The van der Waals surface area contributed by atoms with Gasteiger partial charge in [-0.05, 0) is 47.2 Å². The lowest BCUT2D eigenvalue weighted by Gasteiger charge is -2.32. The number of hydrogen-bond donors (Lipinski definition) is 0. The summed E-state index contributed by atoms with van der Waals surface area (Å²) < 4.78 is 49.6. The highest BCUT2D eigenvalue weighted by Gasteiger charge is 2.41. The smallest absolute Gasteiger partial charge is 0.422 e. The summed E-state index contributed by atoms with van der Waals surface area (Å²) in [5, 5.41) is 4.19. The molecule has 3 nitrogen and oxygen atoms in total. The zero-order valence-electron chi connectivity index (χ0n) is 17.6. The zero-order chi connectivity index (χ0) is 22.6. The zero-order valence-corrected chi connectivity index (χ0v) is 17.6. The number of fused-ring (bicyclic) bond motifs is 2. The molecule has 0 radical (unpaired) electrons. The number of alkyl halides is 3. The van der Waals surface area contributed by atoms with Gasteiger partial charge in [-0.25, -0.2) is 4.79 Å². The fraction of sp³-hybridized carbons (Fsp3) is 0.320. The predicted octanol–water partition coefficient (Wildman–Crippen LogP) is 6.98. The number of carbonyl (C=O) groups excluding carboxylic acids is 1. The first kappa shape index (κ1) is 22.7. The Labute approximate surface area is 179 Å². The molecular weight excluding hydrogens is 405 g/mol. The van der Waals surface area contributed by atoms with E-state index in [2.05, 4.69) is 18.7 Å². The van der Waals surface area contributed by atoms with Crippen molar-refractivity contribution >= 4 is 27.5 Å². The molecule has 0 atom stereocenters. The van der Waals surface area contributed by atoms with Crippen LogP contribution in [0.3, 0.4) is 0 Å². The molecule has 0 unspecified atom stereocenters. The summed E-state index contributed by atoms with van der Waals surface area (Å²) in [5.41, 5.74) is -2.55. The van der Waals surface area contributed by atoms with Crippen LogP contribution in [0.4, 0.5) is 13.2 Å². The van der Waals surface area contributed by atoms with Crippen LogP contribution in [0.2, 0.25) is 0 Å². The lowest BCUT2D eigenvalue weighted by molar-refractivity contribution is -0.167. The molecule has 0 aromatic heterocycles. The standard InChI is InChI=1S/C25H25F3O3/c1-4-24(5-2,31-23(29)17(3)25(26,27)28)13-14-30-22-12-8-11-20-15-18-9-6-7-10-19(18)16-21(20)22/h6-12,15-16H,3-5,13-14H2,1-2H3. The van der Waals surface area contributed by atoms with E-state index in [0.717, 1.165) is 21.5 Å². The second kappa shape index (κ2) is 9.00. The number of halogens is 3. The number of carbonyl (C=O) groups is 1. The molecule has 3 aromatic rings. The molecule has 0 amide bonds. The molecule has 0 bridgehead atoms. The third kappa shape index (κ3) is 5.01. The number of esters is 1. The highest BCUT2D eigenvalue weighted by Crippen LogP contribution is 2.33. The van der Waals surface area contributed by atoms with Crippen molar-refractivity contribution in [1.82, 2.24) is 0 Å². The SMILES string of the molecule is C=C(C(=O)OC(CC)(CC)CCOc1cccc2cc3ccccc3cc12)C(F)(F)F. The fourth-order valence-electron chi connectivity index (χ4n) is 3.58. The van der Waals surface area contributed by atoms with Gasteiger partial charge in [-0.3, -0.25) is 0 Å². The van der Waals surface area contributed by atoms with E-state index in [9.17, 15) is 18.0 Å². The van der Waals surface area contributed by atoms with Crippen molar-refractivity contribution < 1.29 is 27.4 Å². The van der Waals surface area contributed by atoms with Crippen LogP contribution in [-0.4, -0.2) is 24.4 Å². The summed E-state index contributed by atoms with van der Waals surface area (Å²) in [7, 11) is 0.